The first-order chi connectivity index (χ1) is 35.5. The molecule has 1 aromatic heterocycles. The quantitative estimate of drug-likeness (QED) is 0.0257. The van der Waals surface area contributed by atoms with Gasteiger partial charge in [-0.25, -0.2) is 4.79 Å². The van der Waals surface area contributed by atoms with E-state index in [2.05, 4.69) is 11.0 Å². The van der Waals surface area contributed by atoms with E-state index in [9.17, 15) is 53.9 Å². The molecule has 402 valence electrons. The van der Waals surface area contributed by atoms with Crippen molar-refractivity contribution in [3.63, 3.8) is 0 Å². The van der Waals surface area contributed by atoms with Crippen molar-refractivity contribution >= 4 is 70.3 Å². The largest absolute Gasteiger partial charge is 0.492 e. The molecule has 0 fully saturated rings. The summed E-state index contributed by atoms with van der Waals surface area (Å²) < 4.78 is 122. The number of fused-ring (bicyclic) bond motifs is 3. The number of ether oxygens (including phenoxy) is 3. The Hall–Kier alpha value is -6.37. The second kappa shape index (κ2) is 23.3. The van der Waals surface area contributed by atoms with Crippen molar-refractivity contribution in [2.75, 3.05) is 56.9 Å². The molecule has 4 aromatic rings. The van der Waals surface area contributed by atoms with Gasteiger partial charge in [0.25, 0.3) is 30.4 Å². The second-order valence-electron chi connectivity index (χ2n) is 18.7. The zero-order chi connectivity index (χ0) is 54.3. The minimum atomic E-state index is -4.68. The lowest BCUT2D eigenvalue weighted by Gasteiger charge is -2.48. The molecule has 0 spiro atoms. The Kier molecular flexibility index (Phi) is 17.5. The molecule has 1 atom stereocenters. The summed E-state index contributed by atoms with van der Waals surface area (Å²) in [6, 6.07) is 19.9. The lowest BCUT2D eigenvalue weighted by molar-refractivity contribution is -0.437. The van der Waals surface area contributed by atoms with E-state index >= 15 is 0 Å². The SMILES string of the molecule is COCCC1(CCOC)C=C(C)c2cc3c(cc2N1CCCS(=O)(=O)O)OC(c1ccccc1)=CC3=CC=CC=CC1=[N+](CCCS(=O)(=O)O)c2ccc(S(=O)(=O)O)cc2C1(C)CCCC(=O)On1c(O)ccc1O. The Bertz CT molecular complexity index is 3310. The molecular weight excluding hydrogens is 1030 g/mol. The van der Waals surface area contributed by atoms with Crippen molar-refractivity contribution in [3.8, 4) is 17.5 Å². The van der Waals surface area contributed by atoms with Crippen molar-refractivity contribution in [2.45, 2.75) is 74.6 Å². The summed E-state index contributed by atoms with van der Waals surface area (Å²) in [5.74, 6) is -1.68. The van der Waals surface area contributed by atoms with Crippen LogP contribution in [-0.2, 0) is 50.0 Å². The van der Waals surface area contributed by atoms with Gasteiger partial charge in [0.15, 0.2) is 5.71 Å². The normalized spacial score (nSPS) is 18.0. The second-order valence-corrected chi connectivity index (χ2v) is 23.3. The number of rotatable bonds is 24. The third-order valence-corrected chi connectivity index (χ3v) is 16.0. The van der Waals surface area contributed by atoms with Crippen LogP contribution in [0.1, 0.15) is 81.0 Å². The average molecular weight is 1090 g/mol. The molecule has 0 radical (unpaired) electrons. The van der Waals surface area contributed by atoms with Gasteiger partial charge in [-0.1, -0.05) is 60.7 Å². The predicted octanol–water partition coefficient (Wildman–Crippen LogP) is 7.55. The van der Waals surface area contributed by atoms with E-state index in [1.807, 2.05) is 74.5 Å². The van der Waals surface area contributed by atoms with Gasteiger partial charge >= 0.3 is 5.97 Å². The highest BCUT2D eigenvalue weighted by molar-refractivity contribution is 7.86. The smallest absolute Gasteiger partial charge is 0.333 e. The van der Waals surface area contributed by atoms with Gasteiger partial charge in [-0.3, -0.25) is 13.7 Å². The van der Waals surface area contributed by atoms with Crippen molar-refractivity contribution < 1.29 is 77.5 Å². The van der Waals surface area contributed by atoms with Gasteiger partial charge in [0.2, 0.25) is 17.4 Å². The minimum absolute atomic E-state index is 0.0244. The van der Waals surface area contributed by atoms with Crippen LogP contribution in [-0.4, -0.2) is 128 Å². The van der Waals surface area contributed by atoms with Crippen LogP contribution in [0.3, 0.4) is 0 Å². The number of aromatic hydroxyl groups is 2. The van der Waals surface area contributed by atoms with Crippen molar-refractivity contribution in [2.24, 2.45) is 0 Å². The van der Waals surface area contributed by atoms with E-state index in [0.717, 1.165) is 45.7 Å². The zero-order valence-corrected chi connectivity index (χ0v) is 44.4. The van der Waals surface area contributed by atoms with E-state index in [0.29, 0.717) is 59.3 Å². The number of methoxy groups -OCH3 is 2. The first-order valence-corrected chi connectivity index (χ1v) is 28.7. The van der Waals surface area contributed by atoms with Crippen LogP contribution in [0.5, 0.6) is 17.5 Å². The van der Waals surface area contributed by atoms with E-state index < -0.39 is 70.5 Å². The Morgan fingerprint density at radius 1 is 0.787 bits per heavy atom. The molecule has 22 heteroatoms. The summed E-state index contributed by atoms with van der Waals surface area (Å²) in [5, 5.41) is 20.0. The van der Waals surface area contributed by atoms with Crippen molar-refractivity contribution in [3.05, 3.63) is 138 Å². The molecule has 0 saturated carbocycles. The lowest BCUT2D eigenvalue weighted by atomic mass is 9.75. The van der Waals surface area contributed by atoms with Crippen LogP contribution in [0.4, 0.5) is 11.4 Å². The monoisotopic (exact) mass is 1090 g/mol. The summed E-state index contributed by atoms with van der Waals surface area (Å²) in [6.07, 6.45) is 14.5. The Balaban J connectivity index is 1.29. The lowest BCUT2D eigenvalue weighted by Crippen LogP contribution is -2.52. The molecule has 75 heavy (non-hydrogen) atoms. The zero-order valence-electron chi connectivity index (χ0n) is 42.0. The van der Waals surface area contributed by atoms with Crippen LogP contribution >= 0.6 is 0 Å². The Labute approximate surface area is 437 Å². The van der Waals surface area contributed by atoms with Gasteiger partial charge < -0.3 is 34.2 Å². The maximum atomic E-state index is 13.0. The number of allylic oxidation sites excluding steroid dienone is 8. The Morgan fingerprint density at radius 3 is 2.09 bits per heavy atom. The fourth-order valence-corrected chi connectivity index (χ4v) is 11.5. The van der Waals surface area contributed by atoms with Crippen molar-refractivity contribution in [1.29, 1.82) is 0 Å². The number of hydrogen-bond donors (Lipinski definition) is 5. The van der Waals surface area contributed by atoms with Gasteiger partial charge in [-0.15, -0.1) is 4.73 Å². The van der Waals surface area contributed by atoms with E-state index in [4.69, 9.17) is 19.0 Å². The van der Waals surface area contributed by atoms with Crippen LogP contribution < -0.4 is 14.5 Å². The molecule has 0 saturated heterocycles. The molecule has 0 bridgehead atoms. The molecule has 19 nitrogen and oxygen atoms in total. The molecular formula is C53H62N3O16S3+. The van der Waals surface area contributed by atoms with Gasteiger partial charge in [0.05, 0.1) is 27.4 Å². The highest BCUT2D eigenvalue weighted by atomic mass is 32.2. The van der Waals surface area contributed by atoms with Crippen LogP contribution in [0.2, 0.25) is 0 Å². The number of hydrogen-bond acceptors (Lipinski definition) is 14. The third kappa shape index (κ3) is 13.4. The molecule has 3 aromatic carbocycles. The maximum Gasteiger partial charge on any atom is 0.333 e. The summed E-state index contributed by atoms with van der Waals surface area (Å²) >= 11 is 0. The van der Waals surface area contributed by atoms with E-state index in [1.54, 1.807) is 37.0 Å². The van der Waals surface area contributed by atoms with Crippen LogP contribution in [0.15, 0.2) is 120 Å². The number of benzene rings is 3. The summed E-state index contributed by atoms with van der Waals surface area (Å²) in [7, 11) is -10.0. The molecule has 0 amide bonds. The third-order valence-electron chi connectivity index (χ3n) is 13.6. The van der Waals surface area contributed by atoms with Crippen LogP contribution in [0, 0.1) is 0 Å². The number of carbonyl (C=O) groups is 1. The molecule has 1 unspecified atom stereocenters. The predicted molar refractivity (Wildman–Crippen MR) is 283 cm³/mol. The molecule has 5 N–H and O–H groups in total. The topological polar surface area (TPSA) is 269 Å². The van der Waals surface area contributed by atoms with Gasteiger partial charge in [0, 0.05) is 105 Å². The summed E-state index contributed by atoms with van der Waals surface area (Å²) in [6.45, 7) is 5.01. The van der Waals surface area contributed by atoms with Gasteiger partial charge in [-0.05, 0) is 81.4 Å². The maximum absolute atomic E-state index is 13.0. The Morgan fingerprint density at radius 2 is 1.45 bits per heavy atom. The molecule has 7 rings (SSSR count). The number of nitrogens with zero attached hydrogens (tertiary/aromatic N) is 3. The van der Waals surface area contributed by atoms with Crippen molar-refractivity contribution in [1.82, 2.24) is 4.73 Å². The standard InChI is InChI=1S/C53H61N3O16S3/c1-37-36-53(24-28-69-3,25-29-70-4)55(27-13-31-74(63,64)65)45-35-47-42(34-41(37)45)39(32-46(71-47)38-14-7-5-8-15-38)16-9-6-10-17-48-52(2,23-11-18-51(59)72-56-49(57)21-22-50(56)58)43-33-40(75(66,67)68)19-20-44(43)54(48)26-12-30-73(60,61)62/h5-10,14-17,19-22,32-36H,11-13,18,23-31H2,1-4H3,(H4-,57,58,60,61,62,63,64,65,66,67,68)/p+1. The highest BCUT2D eigenvalue weighted by Crippen LogP contribution is 2.49. The van der Waals surface area contributed by atoms with Gasteiger partial charge in [-0.2, -0.15) is 29.8 Å². The van der Waals surface area contributed by atoms with E-state index in [1.165, 1.54) is 18.2 Å². The molecule has 4 heterocycles. The number of anilines is 1. The van der Waals surface area contributed by atoms with Crippen LogP contribution in [0.25, 0.3) is 16.9 Å². The fourth-order valence-electron chi connectivity index (χ4n) is 10.0. The summed E-state index contributed by atoms with van der Waals surface area (Å²) in [4.78, 5) is 19.9. The number of aromatic nitrogens is 1. The van der Waals surface area contributed by atoms with Gasteiger partial charge in [0.1, 0.15) is 18.1 Å². The summed E-state index contributed by atoms with van der Waals surface area (Å²) in [5.41, 5.74) is 4.86. The number of carbonyl (C=O) groups excluding carboxylic acids is 1. The molecule has 3 aliphatic heterocycles. The minimum Gasteiger partial charge on any atom is -0.492 e. The molecule has 0 aliphatic carbocycles. The van der Waals surface area contributed by atoms with E-state index in [-0.39, 0.29) is 50.1 Å². The fraction of sp³-hybridized carbons (Fsp3) is 0.358. The molecule has 3 aliphatic rings. The first-order valence-electron chi connectivity index (χ1n) is 24.1. The average Bonchev–Trinajstić information content (AvgIpc) is 3.78. The first kappa shape index (κ1) is 56.4. The highest BCUT2D eigenvalue weighted by Gasteiger charge is 2.48.